The van der Waals surface area contributed by atoms with Crippen molar-refractivity contribution in [2.45, 2.75) is 33.1 Å². The molecule has 0 amide bonds. The highest BCUT2D eigenvalue weighted by atomic mass is 35.5. The van der Waals surface area contributed by atoms with Crippen LogP contribution in [0.15, 0.2) is 24.3 Å². The summed E-state index contributed by atoms with van der Waals surface area (Å²) >= 11 is 12.1. The van der Waals surface area contributed by atoms with Crippen LogP contribution in [0.3, 0.4) is 0 Å². The fraction of sp³-hybridized carbons (Fsp3) is 0.333. The zero-order chi connectivity index (χ0) is 14.5. The van der Waals surface area contributed by atoms with E-state index in [4.69, 9.17) is 27.9 Å². The van der Waals surface area contributed by atoms with Crippen LogP contribution in [-0.4, -0.2) is 9.97 Å². The van der Waals surface area contributed by atoms with Gasteiger partial charge >= 0.3 is 0 Å². The molecule has 1 heterocycles. The van der Waals surface area contributed by atoms with Gasteiger partial charge in [-0.1, -0.05) is 37.0 Å². The van der Waals surface area contributed by atoms with Crippen molar-refractivity contribution in [2.24, 2.45) is 0 Å². The van der Waals surface area contributed by atoms with Gasteiger partial charge in [-0.25, -0.2) is 4.98 Å². The summed E-state index contributed by atoms with van der Waals surface area (Å²) in [5.74, 6) is 1.85. The normalized spacial score (nSPS) is 10.6. The number of hydrogen-bond acceptors (Lipinski definition) is 3. The number of rotatable bonds is 5. The van der Waals surface area contributed by atoms with E-state index in [1.54, 1.807) is 6.07 Å². The average Bonchev–Trinajstić information content (AvgIpc) is 2.40. The quantitative estimate of drug-likeness (QED) is 0.721. The average molecular weight is 311 g/mol. The first kappa shape index (κ1) is 15.1. The number of aryl methyl sites for hydroxylation is 2. The van der Waals surface area contributed by atoms with E-state index in [0.717, 1.165) is 29.8 Å². The summed E-state index contributed by atoms with van der Waals surface area (Å²) in [5.41, 5.74) is 1.04. The van der Waals surface area contributed by atoms with Gasteiger partial charge in [0.1, 0.15) is 16.7 Å². The van der Waals surface area contributed by atoms with Gasteiger partial charge in [-0.05, 0) is 36.6 Å². The molecule has 1 aromatic carbocycles. The third-order valence-electron chi connectivity index (χ3n) is 2.81. The Morgan fingerprint density at radius 3 is 2.60 bits per heavy atom. The van der Waals surface area contributed by atoms with E-state index >= 15 is 0 Å². The first-order valence-electron chi connectivity index (χ1n) is 6.62. The third kappa shape index (κ3) is 3.84. The van der Waals surface area contributed by atoms with Gasteiger partial charge in [0, 0.05) is 17.5 Å². The molecule has 1 aromatic heterocycles. The molecule has 20 heavy (non-hydrogen) atoms. The lowest BCUT2D eigenvalue weighted by molar-refractivity contribution is 0.457. The zero-order valence-electron chi connectivity index (χ0n) is 11.5. The minimum absolute atomic E-state index is 0.392. The van der Waals surface area contributed by atoms with Crippen LogP contribution in [0, 0.1) is 0 Å². The number of ether oxygens (including phenoxy) is 1. The summed E-state index contributed by atoms with van der Waals surface area (Å²) in [7, 11) is 0. The second kappa shape index (κ2) is 6.91. The molecule has 2 rings (SSSR count). The summed E-state index contributed by atoms with van der Waals surface area (Å²) < 4.78 is 5.75. The standard InChI is InChI=1S/C15H16Cl2N2O/c1-3-5-14-18-13(17)9-15(19-14)20-11-6-7-12(16)10(4-2)8-11/h6-9H,3-5H2,1-2H3. The highest BCUT2D eigenvalue weighted by molar-refractivity contribution is 6.31. The number of nitrogens with zero attached hydrogens (tertiary/aromatic N) is 2. The van der Waals surface area contributed by atoms with Gasteiger partial charge in [-0.3, -0.25) is 0 Å². The molecular weight excluding hydrogens is 295 g/mol. The monoisotopic (exact) mass is 310 g/mol. The Morgan fingerprint density at radius 2 is 1.90 bits per heavy atom. The SMILES string of the molecule is CCCc1nc(Cl)cc(Oc2ccc(Cl)c(CC)c2)n1. The van der Waals surface area contributed by atoms with Crippen molar-refractivity contribution >= 4 is 23.2 Å². The Hall–Kier alpha value is -1.32. The number of benzene rings is 1. The van der Waals surface area contributed by atoms with E-state index in [0.29, 0.717) is 22.6 Å². The zero-order valence-corrected chi connectivity index (χ0v) is 13.0. The summed E-state index contributed by atoms with van der Waals surface area (Å²) in [4.78, 5) is 8.51. The fourth-order valence-corrected chi connectivity index (χ4v) is 2.28. The first-order valence-corrected chi connectivity index (χ1v) is 7.37. The molecule has 0 saturated heterocycles. The second-order valence-electron chi connectivity index (χ2n) is 4.40. The van der Waals surface area contributed by atoms with Gasteiger partial charge in [-0.2, -0.15) is 4.98 Å². The van der Waals surface area contributed by atoms with Crippen LogP contribution in [0.5, 0.6) is 11.6 Å². The lowest BCUT2D eigenvalue weighted by Gasteiger charge is -2.09. The molecule has 0 spiro atoms. The largest absolute Gasteiger partial charge is 0.439 e. The van der Waals surface area contributed by atoms with Gasteiger partial charge in [-0.15, -0.1) is 0 Å². The van der Waals surface area contributed by atoms with Gasteiger partial charge < -0.3 is 4.74 Å². The summed E-state index contributed by atoms with van der Waals surface area (Å²) in [5, 5.41) is 1.13. The van der Waals surface area contributed by atoms with Crippen LogP contribution in [-0.2, 0) is 12.8 Å². The molecule has 106 valence electrons. The predicted octanol–water partition coefficient (Wildman–Crippen LogP) is 5.09. The molecule has 0 N–H and O–H groups in total. The highest BCUT2D eigenvalue weighted by Gasteiger charge is 2.07. The first-order chi connectivity index (χ1) is 9.62. The van der Waals surface area contributed by atoms with E-state index in [-0.39, 0.29) is 0 Å². The topological polar surface area (TPSA) is 35.0 Å². The van der Waals surface area contributed by atoms with Crippen LogP contribution < -0.4 is 4.74 Å². The van der Waals surface area contributed by atoms with Crippen molar-refractivity contribution in [3.8, 4) is 11.6 Å². The van der Waals surface area contributed by atoms with Crippen LogP contribution >= 0.6 is 23.2 Å². The molecule has 5 heteroatoms. The number of aromatic nitrogens is 2. The minimum Gasteiger partial charge on any atom is -0.439 e. The molecule has 0 fully saturated rings. The number of hydrogen-bond donors (Lipinski definition) is 0. The summed E-state index contributed by atoms with van der Waals surface area (Å²) in [6.07, 6.45) is 2.58. The maximum atomic E-state index is 6.09. The Kier molecular flexibility index (Phi) is 5.21. The molecule has 0 aliphatic carbocycles. The van der Waals surface area contributed by atoms with Crippen LogP contribution in [0.2, 0.25) is 10.2 Å². The molecule has 0 aliphatic rings. The van der Waals surface area contributed by atoms with E-state index in [1.807, 2.05) is 25.1 Å². The lowest BCUT2D eigenvalue weighted by Crippen LogP contribution is -1.98. The molecule has 2 aromatic rings. The highest BCUT2D eigenvalue weighted by Crippen LogP contribution is 2.26. The molecule has 0 bridgehead atoms. The van der Waals surface area contributed by atoms with E-state index < -0.39 is 0 Å². The van der Waals surface area contributed by atoms with E-state index in [1.165, 1.54) is 0 Å². The predicted molar refractivity (Wildman–Crippen MR) is 81.9 cm³/mol. The van der Waals surface area contributed by atoms with Crippen molar-refractivity contribution in [2.75, 3.05) is 0 Å². The van der Waals surface area contributed by atoms with Gasteiger partial charge in [0.05, 0.1) is 0 Å². The van der Waals surface area contributed by atoms with Crippen molar-refractivity contribution in [3.63, 3.8) is 0 Å². The molecule has 0 atom stereocenters. The third-order valence-corrected chi connectivity index (χ3v) is 3.37. The van der Waals surface area contributed by atoms with Crippen molar-refractivity contribution in [1.29, 1.82) is 0 Å². The fourth-order valence-electron chi connectivity index (χ4n) is 1.84. The Balaban J connectivity index is 2.25. The van der Waals surface area contributed by atoms with Crippen molar-refractivity contribution < 1.29 is 4.74 Å². The Labute approximate surface area is 128 Å². The van der Waals surface area contributed by atoms with Crippen molar-refractivity contribution in [1.82, 2.24) is 9.97 Å². The molecular formula is C15H16Cl2N2O. The van der Waals surface area contributed by atoms with Gasteiger partial charge in [0.25, 0.3) is 0 Å². The summed E-state index contributed by atoms with van der Waals surface area (Å²) in [6.45, 7) is 4.11. The maximum Gasteiger partial charge on any atom is 0.224 e. The Morgan fingerprint density at radius 1 is 1.10 bits per heavy atom. The summed E-state index contributed by atoms with van der Waals surface area (Å²) in [6, 6.07) is 7.17. The molecule has 0 aliphatic heterocycles. The smallest absolute Gasteiger partial charge is 0.224 e. The number of halogens is 2. The molecule has 0 unspecified atom stereocenters. The molecule has 0 saturated carbocycles. The Bertz CT molecular complexity index is 602. The maximum absolute atomic E-state index is 6.09. The lowest BCUT2D eigenvalue weighted by atomic mass is 10.1. The van der Waals surface area contributed by atoms with Crippen LogP contribution in [0.4, 0.5) is 0 Å². The van der Waals surface area contributed by atoms with Gasteiger partial charge in [0.15, 0.2) is 0 Å². The van der Waals surface area contributed by atoms with Gasteiger partial charge in [0.2, 0.25) is 5.88 Å². The van der Waals surface area contributed by atoms with Crippen LogP contribution in [0.25, 0.3) is 0 Å². The molecule has 0 radical (unpaired) electrons. The van der Waals surface area contributed by atoms with Crippen molar-refractivity contribution in [3.05, 3.63) is 45.8 Å². The van der Waals surface area contributed by atoms with E-state index in [2.05, 4.69) is 16.9 Å². The second-order valence-corrected chi connectivity index (χ2v) is 5.20. The molecule has 3 nitrogen and oxygen atoms in total. The van der Waals surface area contributed by atoms with E-state index in [9.17, 15) is 0 Å². The minimum atomic E-state index is 0.392. The van der Waals surface area contributed by atoms with Crippen LogP contribution in [0.1, 0.15) is 31.7 Å².